The molecule has 0 unspecified atom stereocenters. The standard InChI is InChI=1S/C23H27ClFN3O2/c1-27(15-18-11-19(25)12-20(24)21(18)30-2)22(29)23(28-9-7-26-8-10-28)13-16-5-3-4-6-17(16)14-23/h3-6,11-12,26H,7-10,13-15H2,1-2H3. The van der Waals surface area contributed by atoms with Crippen molar-refractivity contribution in [1.82, 2.24) is 15.1 Å². The molecular weight excluding hydrogens is 405 g/mol. The van der Waals surface area contributed by atoms with Gasteiger partial charge < -0.3 is 15.0 Å². The molecule has 1 fully saturated rings. The first kappa shape index (κ1) is 21.1. The number of piperazine rings is 1. The number of hydrogen-bond acceptors (Lipinski definition) is 4. The fourth-order valence-electron chi connectivity index (χ4n) is 4.84. The van der Waals surface area contributed by atoms with Crippen LogP contribution >= 0.6 is 11.6 Å². The summed E-state index contributed by atoms with van der Waals surface area (Å²) in [6.07, 6.45) is 1.38. The number of methoxy groups -OCH3 is 1. The lowest BCUT2D eigenvalue weighted by Gasteiger charge is -2.44. The number of ether oxygens (including phenoxy) is 1. The number of nitrogens with one attached hydrogen (secondary N) is 1. The molecule has 0 atom stereocenters. The van der Waals surface area contributed by atoms with E-state index in [0.717, 1.165) is 26.2 Å². The largest absolute Gasteiger partial charge is 0.495 e. The summed E-state index contributed by atoms with van der Waals surface area (Å²) in [4.78, 5) is 17.9. The summed E-state index contributed by atoms with van der Waals surface area (Å²) in [5.74, 6) is 0.00780. The quantitative estimate of drug-likeness (QED) is 0.790. The Bertz CT molecular complexity index is 921. The molecule has 1 aliphatic heterocycles. The number of amides is 1. The van der Waals surface area contributed by atoms with Crippen LogP contribution in [0.15, 0.2) is 36.4 Å². The molecule has 1 heterocycles. The average molecular weight is 432 g/mol. The molecule has 1 saturated heterocycles. The number of carbonyl (C=O) groups excluding carboxylic acids is 1. The lowest BCUT2D eigenvalue weighted by atomic mass is 9.90. The molecule has 0 saturated carbocycles. The van der Waals surface area contributed by atoms with Gasteiger partial charge in [0.05, 0.1) is 12.1 Å². The van der Waals surface area contributed by atoms with Gasteiger partial charge in [0.2, 0.25) is 5.91 Å². The molecule has 4 rings (SSSR count). The zero-order valence-corrected chi connectivity index (χ0v) is 18.1. The van der Waals surface area contributed by atoms with Gasteiger partial charge in [-0.1, -0.05) is 35.9 Å². The Balaban J connectivity index is 1.64. The number of nitrogens with zero attached hydrogens (tertiary/aromatic N) is 2. The molecule has 2 aliphatic rings. The van der Waals surface area contributed by atoms with Crippen LogP contribution in [0.3, 0.4) is 0 Å². The summed E-state index contributed by atoms with van der Waals surface area (Å²) in [6, 6.07) is 10.9. The Hall–Kier alpha value is -2.15. The van der Waals surface area contributed by atoms with Gasteiger partial charge in [-0.05, 0) is 23.3 Å². The van der Waals surface area contributed by atoms with Crippen LogP contribution in [0, 0.1) is 5.82 Å². The number of carbonyl (C=O) groups is 1. The maximum absolute atomic E-state index is 14.0. The highest BCUT2D eigenvalue weighted by Gasteiger charge is 2.49. The molecule has 0 radical (unpaired) electrons. The second-order valence-corrected chi connectivity index (χ2v) is 8.54. The van der Waals surface area contributed by atoms with Crippen LogP contribution in [-0.4, -0.2) is 61.6 Å². The Kier molecular flexibility index (Phi) is 6.00. The molecule has 1 N–H and O–H groups in total. The van der Waals surface area contributed by atoms with Gasteiger partial charge in [0.25, 0.3) is 0 Å². The molecule has 0 spiro atoms. The van der Waals surface area contributed by atoms with Gasteiger partial charge in [0.15, 0.2) is 0 Å². The maximum Gasteiger partial charge on any atom is 0.243 e. The van der Waals surface area contributed by atoms with E-state index in [1.165, 1.54) is 30.4 Å². The van der Waals surface area contributed by atoms with Crippen LogP contribution in [0.2, 0.25) is 5.02 Å². The first-order chi connectivity index (χ1) is 14.4. The molecule has 1 amide bonds. The Labute approximate surface area is 181 Å². The highest BCUT2D eigenvalue weighted by Crippen LogP contribution is 2.37. The number of likely N-dealkylation sites (N-methyl/N-ethyl adjacent to an activating group) is 1. The van der Waals surface area contributed by atoms with Gasteiger partial charge in [0, 0.05) is 58.2 Å². The van der Waals surface area contributed by atoms with Crippen LogP contribution < -0.4 is 10.1 Å². The van der Waals surface area contributed by atoms with Gasteiger partial charge in [-0.25, -0.2) is 4.39 Å². The number of halogens is 2. The summed E-state index contributed by atoms with van der Waals surface area (Å²) < 4.78 is 19.4. The third-order valence-corrected chi connectivity index (χ3v) is 6.53. The second-order valence-electron chi connectivity index (χ2n) is 8.13. The van der Waals surface area contributed by atoms with Crippen molar-refractivity contribution >= 4 is 17.5 Å². The fourth-order valence-corrected chi connectivity index (χ4v) is 5.14. The van der Waals surface area contributed by atoms with Crippen LogP contribution in [0.1, 0.15) is 16.7 Å². The molecule has 1 aliphatic carbocycles. The highest BCUT2D eigenvalue weighted by molar-refractivity contribution is 6.32. The summed E-state index contributed by atoms with van der Waals surface area (Å²) in [6.45, 7) is 3.60. The molecular formula is C23H27ClFN3O2. The minimum absolute atomic E-state index is 0.0445. The summed E-state index contributed by atoms with van der Waals surface area (Å²) in [5.41, 5.74) is 2.39. The first-order valence-electron chi connectivity index (χ1n) is 10.2. The highest BCUT2D eigenvalue weighted by atomic mass is 35.5. The summed E-state index contributed by atoms with van der Waals surface area (Å²) >= 11 is 6.15. The van der Waals surface area contributed by atoms with Crippen molar-refractivity contribution in [2.45, 2.75) is 24.9 Å². The van der Waals surface area contributed by atoms with Crippen molar-refractivity contribution in [3.05, 3.63) is 63.9 Å². The van der Waals surface area contributed by atoms with Crippen molar-refractivity contribution in [2.24, 2.45) is 0 Å². The zero-order chi connectivity index (χ0) is 21.3. The topological polar surface area (TPSA) is 44.8 Å². The lowest BCUT2D eigenvalue weighted by Crippen LogP contribution is -2.63. The molecule has 30 heavy (non-hydrogen) atoms. The minimum atomic E-state index is -0.620. The van der Waals surface area contributed by atoms with Crippen LogP contribution in [0.5, 0.6) is 5.75 Å². The number of benzene rings is 2. The summed E-state index contributed by atoms with van der Waals surface area (Å²) in [5, 5.41) is 3.58. The molecule has 0 bridgehead atoms. The van der Waals surface area contributed by atoms with Crippen molar-refractivity contribution in [3.63, 3.8) is 0 Å². The lowest BCUT2D eigenvalue weighted by molar-refractivity contribution is -0.144. The van der Waals surface area contributed by atoms with Gasteiger partial charge in [-0.3, -0.25) is 9.69 Å². The van der Waals surface area contributed by atoms with E-state index < -0.39 is 11.4 Å². The van der Waals surface area contributed by atoms with Crippen molar-refractivity contribution < 1.29 is 13.9 Å². The SMILES string of the molecule is COc1c(Cl)cc(F)cc1CN(C)C(=O)C1(N2CCNCC2)Cc2ccccc2C1. The third kappa shape index (κ3) is 3.80. The maximum atomic E-state index is 14.0. The number of rotatable bonds is 5. The van der Waals surface area contributed by atoms with E-state index in [0.29, 0.717) is 24.2 Å². The first-order valence-corrected chi connectivity index (χ1v) is 10.6. The number of fused-ring (bicyclic) bond motifs is 1. The van der Waals surface area contributed by atoms with E-state index in [-0.39, 0.29) is 17.5 Å². The molecule has 160 valence electrons. The monoisotopic (exact) mass is 431 g/mol. The van der Waals surface area contributed by atoms with Crippen LogP contribution in [-0.2, 0) is 24.2 Å². The van der Waals surface area contributed by atoms with E-state index in [4.69, 9.17) is 16.3 Å². The number of hydrogen-bond donors (Lipinski definition) is 1. The normalized spacial score (nSPS) is 18.1. The van der Waals surface area contributed by atoms with E-state index in [1.807, 2.05) is 12.1 Å². The molecule has 2 aromatic rings. The van der Waals surface area contributed by atoms with E-state index in [2.05, 4.69) is 22.3 Å². The third-order valence-electron chi connectivity index (χ3n) is 6.25. The predicted molar refractivity (Wildman–Crippen MR) is 115 cm³/mol. The summed E-state index contributed by atoms with van der Waals surface area (Å²) in [7, 11) is 3.27. The van der Waals surface area contributed by atoms with Gasteiger partial charge in [-0.15, -0.1) is 0 Å². The van der Waals surface area contributed by atoms with Gasteiger partial charge in [0.1, 0.15) is 17.1 Å². The molecule has 7 heteroatoms. The van der Waals surface area contributed by atoms with Crippen molar-refractivity contribution in [3.8, 4) is 5.75 Å². The Morgan fingerprint density at radius 1 is 1.23 bits per heavy atom. The second kappa shape index (κ2) is 8.53. The van der Waals surface area contributed by atoms with Gasteiger partial charge >= 0.3 is 0 Å². The molecule has 2 aromatic carbocycles. The van der Waals surface area contributed by atoms with Crippen molar-refractivity contribution in [2.75, 3.05) is 40.3 Å². The predicted octanol–water partition coefficient (Wildman–Crippen LogP) is 2.89. The fraction of sp³-hybridized carbons (Fsp3) is 0.435. The zero-order valence-electron chi connectivity index (χ0n) is 17.4. The smallest absolute Gasteiger partial charge is 0.243 e. The average Bonchev–Trinajstić information content (AvgIpc) is 3.14. The van der Waals surface area contributed by atoms with Gasteiger partial charge in [-0.2, -0.15) is 0 Å². The van der Waals surface area contributed by atoms with E-state index in [9.17, 15) is 9.18 Å². The van der Waals surface area contributed by atoms with Crippen LogP contribution in [0.4, 0.5) is 4.39 Å². The van der Waals surface area contributed by atoms with E-state index >= 15 is 0 Å². The van der Waals surface area contributed by atoms with Crippen LogP contribution in [0.25, 0.3) is 0 Å². The Morgan fingerprint density at radius 3 is 2.47 bits per heavy atom. The molecule has 5 nitrogen and oxygen atoms in total. The minimum Gasteiger partial charge on any atom is -0.495 e. The molecule has 0 aromatic heterocycles. The Morgan fingerprint density at radius 2 is 1.87 bits per heavy atom. The van der Waals surface area contributed by atoms with Crippen molar-refractivity contribution in [1.29, 1.82) is 0 Å². The van der Waals surface area contributed by atoms with E-state index in [1.54, 1.807) is 11.9 Å².